The quantitative estimate of drug-likeness (QED) is 0.899. The van der Waals surface area contributed by atoms with E-state index in [2.05, 4.69) is 42.9 Å². The highest BCUT2D eigenvalue weighted by molar-refractivity contribution is 5.76. The minimum absolute atomic E-state index is 0.0245. The minimum Gasteiger partial charge on any atom is -0.354 e. The molecule has 1 N–H and O–H groups in total. The molecular formula is C19H30FN3O. The summed E-state index contributed by atoms with van der Waals surface area (Å²) in [6.45, 7) is 10.7. The summed E-state index contributed by atoms with van der Waals surface area (Å²) in [5.41, 5.74) is 1.03. The maximum absolute atomic E-state index is 13.3. The molecule has 1 fully saturated rings. The Labute approximate surface area is 145 Å². The molecule has 0 unspecified atom stereocenters. The maximum Gasteiger partial charge on any atom is 0.220 e. The summed E-state index contributed by atoms with van der Waals surface area (Å²) in [5.74, 6) is -0.156. The third-order valence-electron chi connectivity index (χ3n) is 4.42. The van der Waals surface area contributed by atoms with Gasteiger partial charge in [-0.1, -0.05) is 32.9 Å². The zero-order chi connectivity index (χ0) is 17.7. The van der Waals surface area contributed by atoms with E-state index < -0.39 is 0 Å². The van der Waals surface area contributed by atoms with Crippen LogP contribution in [0.25, 0.3) is 0 Å². The van der Waals surface area contributed by atoms with Gasteiger partial charge in [-0.05, 0) is 30.2 Å². The number of hydrogen-bond donors (Lipinski definition) is 1. The van der Waals surface area contributed by atoms with Crippen LogP contribution >= 0.6 is 0 Å². The molecule has 0 aromatic heterocycles. The summed E-state index contributed by atoms with van der Waals surface area (Å²) in [6.07, 6.45) is 0.506. The van der Waals surface area contributed by atoms with Gasteiger partial charge in [0, 0.05) is 39.1 Å². The summed E-state index contributed by atoms with van der Waals surface area (Å²) in [4.78, 5) is 16.9. The third kappa shape index (κ3) is 5.87. The zero-order valence-corrected chi connectivity index (χ0v) is 15.3. The molecule has 1 aromatic carbocycles. The van der Waals surface area contributed by atoms with Crippen LogP contribution in [0.3, 0.4) is 0 Å². The Morgan fingerprint density at radius 1 is 1.17 bits per heavy atom. The molecule has 0 bridgehead atoms. The second-order valence-electron chi connectivity index (χ2n) is 7.95. The fraction of sp³-hybridized carbons (Fsp3) is 0.632. The van der Waals surface area contributed by atoms with Crippen molar-refractivity contribution in [1.29, 1.82) is 0 Å². The number of nitrogens with zero attached hydrogens (tertiary/aromatic N) is 2. The molecule has 24 heavy (non-hydrogen) atoms. The second-order valence-corrected chi connectivity index (χ2v) is 7.95. The fourth-order valence-electron chi connectivity index (χ4n) is 3.03. The van der Waals surface area contributed by atoms with Crippen LogP contribution in [0, 0.1) is 11.2 Å². The summed E-state index contributed by atoms with van der Waals surface area (Å²) >= 11 is 0. The Balaban J connectivity index is 2.05. The van der Waals surface area contributed by atoms with E-state index in [9.17, 15) is 9.18 Å². The molecule has 0 radical (unpaired) electrons. The number of nitrogens with one attached hydrogen (secondary N) is 1. The molecule has 134 valence electrons. The summed E-state index contributed by atoms with van der Waals surface area (Å²) in [5, 5.41) is 3.07. The molecule has 0 saturated carbocycles. The number of likely N-dealkylation sites (N-methyl/N-ethyl adjacent to an activating group) is 1. The van der Waals surface area contributed by atoms with Gasteiger partial charge >= 0.3 is 0 Å². The smallest absolute Gasteiger partial charge is 0.220 e. The predicted molar refractivity (Wildman–Crippen MR) is 95.3 cm³/mol. The van der Waals surface area contributed by atoms with Crippen LogP contribution in [0.1, 0.15) is 38.8 Å². The Morgan fingerprint density at radius 2 is 1.75 bits per heavy atom. The molecule has 1 aromatic rings. The number of halogens is 1. The third-order valence-corrected chi connectivity index (χ3v) is 4.42. The van der Waals surface area contributed by atoms with E-state index in [1.54, 1.807) is 0 Å². The Morgan fingerprint density at radius 3 is 2.29 bits per heavy atom. The zero-order valence-electron chi connectivity index (χ0n) is 15.3. The first-order valence-electron chi connectivity index (χ1n) is 8.69. The van der Waals surface area contributed by atoms with Crippen LogP contribution in [-0.4, -0.2) is 55.5 Å². The first-order valence-corrected chi connectivity index (χ1v) is 8.69. The van der Waals surface area contributed by atoms with Gasteiger partial charge < -0.3 is 10.2 Å². The van der Waals surface area contributed by atoms with Gasteiger partial charge in [-0.15, -0.1) is 0 Å². The standard InChI is InChI=1S/C19H30FN3O/c1-19(2,3)13-18(24)21-14-17(15-5-7-16(20)8-6-15)23-11-9-22(4)10-12-23/h5-8,17H,9-14H2,1-4H3,(H,21,24)/t17-/m1/s1. The lowest BCUT2D eigenvalue weighted by Gasteiger charge is -2.38. The van der Waals surface area contributed by atoms with Gasteiger partial charge in [0.25, 0.3) is 0 Å². The van der Waals surface area contributed by atoms with E-state index in [0.29, 0.717) is 13.0 Å². The van der Waals surface area contributed by atoms with Crippen LogP contribution in [0.15, 0.2) is 24.3 Å². The Kier molecular flexibility index (Phi) is 6.35. The molecule has 1 saturated heterocycles. The molecule has 1 aliphatic rings. The van der Waals surface area contributed by atoms with Gasteiger partial charge in [-0.3, -0.25) is 9.69 Å². The average molecular weight is 335 g/mol. The molecule has 1 atom stereocenters. The first kappa shape index (κ1) is 18.9. The molecule has 0 aliphatic carbocycles. The van der Waals surface area contributed by atoms with Crippen molar-refractivity contribution in [2.45, 2.75) is 33.2 Å². The highest BCUT2D eigenvalue weighted by atomic mass is 19.1. The summed E-state index contributed by atoms with van der Waals surface area (Å²) < 4.78 is 13.3. The molecule has 4 nitrogen and oxygen atoms in total. The monoisotopic (exact) mass is 335 g/mol. The van der Waals surface area contributed by atoms with Crippen molar-refractivity contribution in [3.8, 4) is 0 Å². The molecular weight excluding hydrogens is 305 g/mol. The van der Waals surface area contributed by atoms with Gasteiger partial charge in [0.05, 0.1) is 6.04 Å². The first-order chi connectivity index (χ1) is 11.2. The van der Waals surface area contributed by atoms with Crippen molar-refractivity contribution < 1.29 is 9.18 Å². The topological polar surface area (TPSA) is 35.6 Å². The highest BCUT2D eigenvalue weighted by Crippen LogP contribution is 2.23. The number of carbonyl (C=O) groups excluding carboxylic acids is 1. The Hall–Kier alpha value is -1.46. The van der Waals surface area contributed by atoms with E-state index >= 15 is 0 Å². The molecule has 0 spiro atoms. The van der Waals surface area contributed by atoms with Crippen LogP contribution in [0.4, 0.5) is 4.39 Å². The SMILES string of the molecule is CN1CCN([C@H](CNC(=O)CC(C)(C)C)c2ccc(F)cc2)CC1. The van der Waals surface area contributed by atoms with Crippen molar-refractivity contribution in [1.82, 2.24) is 15.1 Å². The van der Waals surface area contributed by atoms with Crippen LogP contribution < -0.4 is 5.32 Å². The van der Waals surface area contributed by atoms with E-state index in [0.717, 1.165) is 31.7 Å². The number of piperazine rings is 1. The van der Waals surface area contributed by atoms with Crippen molar-refractivity contribution in [2.24, 2.45) is 5.41 Å². The van der Waals surface area contributed by atoms with Gasteiger partial charge in [0.1, 0.15) is 5.82 Å². The Bertz CT molecular complexity index is 531. The predicted octanol–water partition coefficient (Wildman–Crippen LogP) is 2.67. The van der Waals surface area contributed by atoms with E-state index in [4.69, 9.17) is 0 Å². The lowest BCUT2D eigenvalue weighted by molar-refractivity contribution is -0.123. The second kappa shape index (κ2) is 8.08. The van der Waals surface area contributed by atoms with Crippen LogP contribution in [0.2, 0.25) is 0 Å². The van der Waals surface area contributed by atoms with Crippen molar-refractivity contribution in [2.75, 3.05) is 39.8 Å². The van der Waals surface area contributed by atoms with Gasteiger partial charge in [0.2, 0.25) is 5.91 Å². The van der Waals surface area contributed by atoms with Gasteiger partial charge in [-0.25, -0.2) is 4.39 Å². The maximum atomic E-state index is 13.3. The summed E-state index contributed by atoms with van der Waals surface area (Å²) in [6, 6.07) is 6.73. The van der Waals surface area contributed by atoms with E-state index in [1.165, 1.54) is 12.1 Å². The largest absolute Gasteiger partial charge is 0.354 e. The summed E-state index contributed by atoms with van der Waals surface area (Å²) in [7, 11) is 2.12. The highest BCUT2D eigenvalue weighted by Gasteiger charge is 2.25. The fourth-order valence-corrected chi connectivity index (χ4v) is 3.03. The van der Waals surface area contributed by atoms with Crippen molar-refractivity contribution >= 4 is 5.91 Å². The number of amides is 1. The normalized spacial score (nSPS) is 18.4. The molecule has 5 heteroatoms. The van der Waals surface area contributed by atoms with Crippen molar-refractivity contribution in [3.63, 3.8) is 0 Å². The number of rotatable bonds is 5. The average Bonchev–Trinajstić information content (AvgIpc) is 2.49. The van der Waals surface area contributed by atoms with Crippen molar-refractivity contribution in [3.05, 3.63) is 35.6 Å². The molecule has 2 rings (SSSR count). The number of benzene rings is 1. The van der Waals surface area contributed by atoms with Gasteiger partial charge in [-0.2, -0.15) is 0 Å². The molecule has 1 heterocycles. The van der Waals surface area contributed by atoms with Gasteiger partial charge in [0.15, 0.2) is 0 Å². The van der Waals surface area contributed by atoms with Crippen LogP contribution in [-0.2, 0) is 4.79 Å². The van der Waals surface area contributed by atoms with E-state index in [1.807, 2.05) is 12.1 Å². The minimum atomic E-state index is -0.229. The lowest BCUT2D eigenvalue weighted by atomic mass is 9.92. The number of carbonyl (C=O) groups is 1. The molecule has 1 amide bonds. The number of hydrogen-bond acceptors (Lipinski definition) is 3. The molecule has 1 aliphatic heterocycles. The lowest BCUT2D eigenvalue weighted by Crippen LogP contribution is -2.48. The van der Waals surface area contributed by atoms with Crippen LogP contribution in [0.5, 0.6) is 0 Å². The van der Waals surface area contributed by atoms with E-state index in [-0.39, 0.29) is 23.2 Å².